The van der Waals surface area contributed by atoms with Gasteiger partial charge in [0.1, 0.15) is 0 Å². The molecule has 1 aliphatic rings. The molecule has 0 spiro atoms. The highest BCUT2D eigenvalue weighted by Gasteiger charge is 2.19. The van der Waals surface area contributed by atoms with Crippen molar-refractivity contribution in [3.8, 4) is 0 Å². The minimum Gasteiger partial charge on any atom is -0.316 e. The van der Waals surface area contributed by atoms with Gasteiger partial charge in [-0.05, 0) is 11.5 Å². The van der Waals surface area contributed by atoms with Gasteiger partial charge in [-0.1, -0.05) is 12.1 Å². The molecule has 0 aliphatic carbocycles. The lowest BCUT2D eigenvalue weighted by molar-refractivity contribution is -0.384. The Morgan fingerprint density at radius 2 is 2.24 bits per heavy atom. The van der Waals surface area contributed by atoms with Crippen molar-refractivity contribution < 1.29 is 9.13 Å². The summed E-state index contributed by atoms with van der Waals surface area (Å²) in [6, 6.07) is 6.36. The van der Waals surface area contributed by atoms with Gasteiger partial charge in [-0.25, -0.2) is 0 Å². The summed E-state index contributed by atoms with van der Waals surface area (Å²) < 4.78 is 11.8. The SMILES string of the molecule is O=[N+]([O-])c1cccc(CS(=O)CC2CNC2)c1. The zero-order valence-corrected chi connectivity index (χ0v) is 10.1. The Hall–Kier alpha value is -1.27. The van der Waals surface area contributed by atoms with Crippen LogP contribution in [-0.2, 0) is 16.6 Å². The van der Waals surface area contributed by atoms with Gasteiger partial charge in [0.15, 0.2) is 0 Å². The molecule has 5 nitrogen and oxygen atoms in total. The topological polar surface area (TPSA) is 72.2 Å². The molecule has 1 aromatic carbocycles. The Bertz CT molecular complexity index is 446. The number of nitro benzene ring substituents is 1. The first-order valence-corrected chi connectivity index (χ1v) is 6.93. The van der Waals surface area contributed by atoms with Gasteiger partial charge >= 0.3 is 0 Å². The van der Waals surface area contributed by atoms with Crippen LogP contribution >= 0.6 is 0 Å². The highest BCUT2D eigenvalue weighted by Crippen LogP contribution is 2.15. The normalized spacial score (nSPS) is 17.4. The lowest BCUT2D eigenvalue weighted by Crippen LogP contribution is -2.44. The van der Waals surface area contributed by atoms with Crippen LogP contribution in [0, 0.1) is 16.0 Å². The minimum absolute atomic E-state index is 0.0600. The summed E-state index contributed by atoms with van der Waals surface area (Å²) in [5.74, 6) is 1.57. The molecule has 1 unspecified atom stereocenters. The van der Waals surface area contributed by atoms with Crippen molar-refractivity contribution in [3.63, 3.8) is 0 Å². The highest BCUT2D eigenvalue weighted by atomic mass is 32.2. The summed E-state index contributed by atoms with van der Waals surface area (Å²) in [6.07, 6.45) is 0. The van der Waals surface area contributed by atoms with Crippen molar-refractivity contribution in [2.75, 3.05) is 18.8 Å². The monoisotopic (exact) mass is 254 g/mol. The molecule has 1 aliphatic heterocycles. The molecule has 17 heavy (non-hydrogen) atoms. The van der Waals surface area contributed by atoms with Crippen LogP contribution in [0.5, 0.6) is 0 Å². The fourth-order valence-electron chi connectivity index (χ4n) is 1.73. The van der Waals surface area contributed by atoms with Gasteiger partial charge in [-0.2, -0.15) is 0 Å². The van der Waals surface area contributed by atoms with E-state index in [1.165, 1.54) is 12.1 Å². The van der Waals surface area contributed by atoms with E-state index in [2.05, 4.69) is 5.32 Å². The van der Waals surface area contributed by atoms with Crippen LogP contribution in [0.25, 0.3) is 0 Å². The maximum atomic E-state index is 11.8. The van der Waals surface area contributed by atoms with Crippen molar-refractivity contribution in [3.05, 3.63) is 39.9 Å². The van der Waals surface area contributed by atoms with Crippen LogP contribution < -0.4 is 5.32 Å². The molecular formula is C11H14N2O3S. The largest absolute Gasteiger partial charge is 0.316 e. The van der Waals surface area contributed by atoms with E-state index >= 15 is 0 Å². The number of nitrogens with one attached hydrogen (secondary N) is 1. The molecule has 1 N–H and O–H groups in total. The van der Waals surface area contributed by atoms with E-state index in [0.717, 1.165) is 18.7 Å². The van der Waals surface area contributed by atoms with Crippen LogP contribution in [0.2, 0.25) is 0 Å². The quantitative estimate of drug-likeness (QED) is 0.630. The summed E-state index contributed by atoms with van der Waals surface area (Å²) in [5, 5.41) is 13.7. The molecule has 0 radical (unpaired) electrons. The number of hydrogen-bond acceptors (Lipinski definition) is 4. The Balaban J connectivity index is 1.95. The number of rotatable bonds is 5. The summed E-state index contributed by atoms with van der Waals surface area (Å²) in [7, 11) is -0.934. The Morgan fingerprint density at radius 1 is 1.47 bits per heavy atom. The molecular weight excluding hydrogens is 240 g/mol. The van der Waals surface area contributed by atoms with Gasteiger partial charge in [0.05, 0.1) is 4.92 Å². The molecule has 2 rings (SSSR count). The average Bonchev–Trinajstić information content (AvgIpc) is 2.24. The van der Waals surface area contributed by atoms with Crippen molar-refractivity contribution in [2.24, 2.45) is 5.92 Å². The fraction of sp³-hybridized carbons (Fsp3) is 0.455. The van der Waals surface area contributed by atoms with Gasteiger partial charge in [0, 0.05) is 47.5 Å². The van der Waals surface area contributed by atoms with Gasteiger partial charge < -0.3 is 5.32 Å². The molecule has 1 saturated heterocycles. The third-order valence-corrected chi connectivity index (χ3v) is 4.24. The van der Waals surface area contributed by atoms with Gasteiger partial charge in [0.2, 0.25) is 0 Å². The van der Waals surface area contributed by atoms with E-state index < -0.39 is 15.7 Å². The standard InChI is InChI=1S/C11H14N2O3S/c14-13(15)11-3-1-2-9(4-11)7-17(16)8-10-5-12-6-10/h1-4,10,12H,5-8H2. The second kappa shape index (κ2) is 5.37. The highest BCUT2D eigenvalue weighted by molar-refractivity contribution is 7.84. The van der Waals surface area contributed by atoms with Crippen LogP contribution in [-0.4, -0.2) is 28.0 Å². The molecule has 1 heterocycles. The van der Waals surface area contributed by atoms with E-state index in [-0.39, 0.29) is 5.69 Å². The van der Waals surface area contributed by atoms with Crippen molar-refractivity contribution in [1.82, 2.24) is 5.32 Å². The molecule has 0 saturated carbocycles. The Morgan fingerprint density at radius 3 is 2.82 bits per heavy atom. The lowest BCUT2D eigenvalue weighted by Gasteiger charge is -2.26. The van der Waals surface area contributed by atoms with Gasteiger partial charge in [-0.3, -0.25) is 14.3 Å². The predicted octanol–water partition coefficient (Wildman–Crippen LogP) is 1.06. The summed E-state index contributed by atoms with van der Waals surface area (Å²) in [4.78, 5) is 10.2. The fourth-order valence-corrected chi connectivity index (χ4v) is 3.16. The third-order valence-electron chi connectivity index (χ3n) is 2.74. The predicted molar refractivity (Wildman–Crippen MR) is 66.2 cm³/mol. The van der Waals surface area contributed by atoms with Crippen molar-refractivity contribution >= 4 is 16.5 Å². The second-order valence-electron chi connectivity index (χ2n) is 4.20. The van der Waals surface area contributed by atoms with E-state index in [1.807, 2.05) is 0 Å². The molecule has 0 amide bonds. The lowest BCUT2D eigenvalue weighted by atomic mass is 10.1. The zero-order valence-electron chi connectivity index (χ0n) is 9.30. The van der Waals surface area contributed by atoms with Gasteiger partial charge in [0.25, 0.3) is 5.69 Å². The van der Waals surface area contributed by atoms with Crippen LogP contribution in [0.15, 0.2) is 24.3 Å². The zero-order chi connectivity index (χ0) is 12.3. The first-order chi connectivity index (χ1) is 8.15. The van der Waals surface area contributed by atoms with Crippen LogP contribution in [0.3, 0.4) is 0 Å². The molecule has 1 aromatic rings. The van der Waals surface area contributed by atoms with Crippen molar-refractivity contribution in [2.45, 2.75) is 5.75 Å². The van der Waals surface area contributed by atoms with E-state index in [4.69, 9.17) is 0 Å². The second-order valence-corrected chi connectivity index (χ2v) is 5.70. The maximum absolute atomic E-state index is 11.8. The molecule has 0 bridgehead atoms. The number of nitro groups is 1. The summed E-state index contributed by atoms with van der Waals surface area (Å²) >= 11 is 0. The van der Waals surface area contributed by atoms with Crippen LogP contribution in [0.4, 0.5) is 5.69 Å². The molecule has 1 fully saturated rings. The summed E-state index contributed by atoms with van der Waals surface area (Å²) in [5.41, 5.74) is 0.828. The maximum Gasteiger partial charge on any atom is 0.269 e. The average molecular weight is 254 g/mol. The number of hydrogen-bond donors (Lipinski definition) is 1. The minimum atomic E-state index is -0.934. The van der Waals surface area contributed by atoms with Crippen molar-refractivity contribution in [1.29, 1.82) is 0 Å². The number of benzene rings is 1. The molecule has 92 valence electrons. The molecule has 6 heteroatoms. The van der Waals surface area contributed by atoms with E-state index in [1.54, 1.807) is 12.1 Å². The smallest absolute Gasteiger partial charge is 0.269 e. The molecule has 1 atom stereocenters. The van der Waals surface area contributed by atoms with E-state index in [9.17, 15) is 14.3 Å². The summed E-state index contributed by atoms with van der Waals surface area (Å²) in [6.45, 7) is 1.86. The third kappa shape index (κ3) is 3.34. The Labute approximate surface area is 102 Å². The van der Waals surface area contributed by atoms with Crippen LogP contribution in [0.1, 0.15) is 5.56 Å². The first kappa shape index (κ1) is 12.2. The van der Waals surface area contributed by atoms with E-state index in [0.29, 0.717) is 17.4 Å². The Kier molecular flexibility index (Phi) is 3.86. The molecule has 0 aromatic heterocycles. The number of non-ortho nitro benzene ring substituents is 1. The van der Waals surface area contributed by atoms with Gasteiger partial charge in [-0.15, -0.1) is 0 Å². The number of nitrogens with zero attached hydrogens (tertiary/aromatic N) is 1. The first-order valence-electron chi connectivity index (χ1n) is 5.44.